The van der Waals surface area contributed by atoms with Crippen molar-refractivity contribution < 1.29 is 4.79 Å². The molecule has 0 saturated heterocycles. The van der Waals surface area contributed by atoms with Gasteiger partial charge in [-0.1, -0.05) is 12.1 Å². The molecule has 0 aliphatic heterocycles. The Kier molecular flexibility index (Phi) is 3.82. The molecule has 0 saturated carbocycles. The quantitative estimate of drug-likeness (QED) is 0.453. The lowest BCUT2D eigenvalue weighted by Crippen LogP contribution is -1.97. The van der Waals surface area contributed by atoms with Gasteiger partial charge in [-0.25, -0.2) is 0 Å². The largest absolute Gasteiger partial charge is 0.307 e. The van der Waals surface area contributed by atoms with Crippen LogP contribution < -0.4 is 5.43 Å². The third-order valence-electron chi connectivity index (χ3n) is 1.47. The van der Waals surface area contributed by atoms with E-state index in [1.807, 2.05) is 0 Å². The monoisotopic (exact) mass is 209 g/mol. The summed E-state index contributed by atoms with van der Waals surface area (Å²) in [5.74, 6) is 0. The Bertz CT molecular complexity index is 376. The minimum atomic E-state index is -0.543. The van der Waals surface area contributed by atoms with Crippen LogP contribution in [-0.2, 0) is 0 Å². The molecule has 0 aliphatic carbocycles. The first-order valence-corrected chi connectivity index (χ1v) is 4.20. The Balaban J connectivity index is 2.89. The molecule has 0 aliphatic rings. The van der Waals surface area contributed by atoms with Gasteiger partial charge < -0.3 is 5.41 Å². The van der Waals surface area contributed by atoms with Crippen molar-refractivity contribution in [1.29, 1.82) is 5.41 Å². The first-order chi connectivity index (χ1) is 6.75. The highest BCUT2D eigenvalue weighted by molar-refractivity contribution is 6.68. The van der Waals surface area contributed by atoms with Crippen LogP contribution in [0, 0.1) is 5.41 Å². The number of carbonyl (C=O) groups excluding carboxylic acids is 1. The van der Waals surface area contributed by atoms with Gasteiger partial charge in [-0.3, -0.25) is 10.2 Å². The SMILES string of the molecule is N=C/C=N\Nc1ccccc1C(=O)Cl. The topological polar surface area (TPSA) is 65.3 Å². The average molecular weight is 210 g/mol. The Labute approximate surface area is 86.1 Å². The summed E-state index contributed by atoms with van der Waals surface area (Å²) in [6, 6.07) is 6.74. The van der Waals surface area contributed by atoms with E-state index in [9.17, 15) is 4.79 Å². The van der Waals surface area contributed by atoms with E-state index in [1.165, 1.54) is 6.21 Å². The third-order valence-corrected chi connectivity index (χ3v) is 1.68. The Morgan fingerprint density at radius 1 is 1.50 bits per heavy atom. The van der Waals surface area contributed by atoms with E-state index in [0.717, 1.165) is 6.21 Å². The second-order valence-corrected chi connectivity index (χ2v) is 2.72. The molecule has 0 unspecified atom stereocenters. The first-order valence-electron chi connectivity index (χ1n) is 3.82. The molecule has 1 aromatic carbocycles. The predicted octanol–water partition coefficient (Wildman–Crippen LogP) is 2.11. The highest BCUT2D eigenvalue weighted by Gasteiger charge is 2.06. The Morgan fingerprint density at radius 2 is 2.21 bits per heavy atom. The highest BCUT2D eigenvalue weighted by Crippen LogP contribution is 2.16. The van der Waals surface area contributed by atoms with E-state index >= 15 is 0 Å². The van der Waals surface area contributed by atoms with Crippen LogP contribution in [0.1, 0.15) is 10.4 Å². The van der Waals surface area contributed by atoms with Gasteiger partial charge in [-0.05, 0) is 23.7 Å². The van der Waals surface area contributed by atoms with E-state index in [0.29, 0.717) is 11.3 Å². The molecule has 0 amide bonds. The van der Waals surface area contributed by atoms with Gasteiger partial charge in [0.25, 0.3) is 5.24 Å². The zero-order valence-electron chi connectivity index (χ0n) is 7.20. The van der Waals surface area contributed by atoms with Gasteiger partial charge >= 0.3 is 0 Å². The average Bonchev–Trinajstić information content (AvgIpc) is 2.19. The third kappa shape index (κ3) is 2.67. The maximum absolute atomic E-state index is 10.9. The molecule has 0 radical (unpaired) electrons. The summed E-state index contributed by atoms with van der Waals surface area (Å²) >= 11 is 5.35. The highest BCUT2D eigenvalue weighted by atomic mass is 35.5. The fourth-order valence-electron chi connectivity index (χ4n) is 0.896. The van der Waals surface area contributed by atoms with Gasteiger partial charge in [0.05, 0.1) is 17.5 Å². The summed E-state index contributed by atoms with van der Waals surface area (Å²) in [6.45, 7) is 0. The minimum Gasteiger partial charge on any atom is -0.307 e. The molecule has 72 valence electrons. The van der Waals surface area contributed by atoms with E-state index in [-0.39, 0.29) is 0 Å². The van der Waals surface area contributed by atoms with Crippen LogP contribution in [0.15, 0.2) is 29.4 Å². The lowest BCUT2D eigenvalue weighted by molar-refractivity contribution is 0.108. The van der Waals surface area contributed by atoms with Crippen LogP contribution in [0.25, 0.3) is 0 Å². The molecule has 1 aromatic rings. The standard InChI is InChI=1S/C9H8ClN3O/c10-9(14)7-3-1-2-4-8(7)13-12-6-5-11/h1-6,11,13H/b11-5?,12-6-. The summed E-state index contributed by atoms with van der Waals surface area (Å²) in [7, 11) is 0. The van der Waals surface area contributed by atoms with Crippen molar-refractivity contribution in [2.24, 2.45) is 5.10 Å². The number of nitrogens with zero attached hydrogens (tertiary/aromatic N) is 1. The number of benzene rings is 1. The minimum absolute atomic E-state index is 0.358. The number of halogens is 1. The fourth-order valence-corrected chi connectivity index (χ4v) is 1.06. The van der Waals surface area contributed by atoms with Crippen molar-refractivity contribution in [1.82, 2.24) is 0 Å². The lowest BCUT2D eigenvalue weighted by atomic mass is 10.2. The smallest absolute Gasteiger partial charge is 0.254 e. The molecule has 0 fully saturated rings. The molecule has 14 heavy (non-hydrogen) atoms. The number of rotatable bonds is 4. The van der Waals surface area contributed by atoms with E-state index in [1.54, 1.807) is 24.3 Å². The van der Waals surface area contributed by atoms with Crippen LogP contribution in [0.4, 0.5) is 5.69 Å². The van der Waals surface area contributed by atoms with Gasteiger partial charge in [0, 0.05) is 6.21 Å². The zero-order valence-corrected chi connectivity index (χ0v) is 7.95. The number of nitrogens with one attached hydrogen (secondary N) is 2. The lowest BCUT2D eigenvalue weighted by Gasteiger charge is -2.03. The summed E-state index contributed by atoms with van der Waals surface area (Å²) < 4.78 is 0. The van der Waals surface area contributed by atoms with E-state index < -0.39 is 5.24 Å². The molecular weight excluding hydrogens is 202 g/mol. The second-order valence-electron chi connectivity index (χ2n) is 2.38. The van der Waals surface area contributed by atoms with Crippen molar-refractivity contribution in [2.75, 3.05) is 5.43 Å². The molecular formula is C9H8ClN3O. The van der Waals surface area contributed by atoms with Crippen molar-refractivity contribution >= 4 is 35.0 Å². The van der Waals surface area contributed by atoms with Gasteiger partial charge in [0.2, 0.25) is 0 Å². The maximum Gasteiger partial charge on any atom is 0.254 e. The molecule has 0 bridgehead atoms. The van der Waals surface area contributed by atoms with Crippen molar-refractivity contribution in [3.05, 3.63) is 29.8 Å². The molecule has 2 N–H and O–H groups in total. The molecule has 4 nitrogen and oxygen atoms in total. The number of anilines is 1. The van der Waals surface area contributed by atoms with Gasteiger partial charge in [0.15, 0.2) is 0 Å². The molecule has 0 spiro atoms. The van der Waals surface area contributed by atoms with Crippen LogP contribution in [-0.4, -0.2) is 17.7 Å². The molecule has 5 heteroatoms. The number of para-hydroxylation sites is 1. The summed E-state index contributed by atoms with van der Waals surface area (Å²) in [5, 5.41) is 9.83. The molecule has 1 rings (SSSR count). The second kappa shape index (κ2) is 5.14. The summed E-state index contributed by atoms with van der Waals surface area (Å²) in [6.07, 6.45) is 2.29. The van der Waals surface area contributed by atoms with E-state index in [2.05, 4.69) is 10.5 Å². The van der Waals surface area contributed by atoms with Crippen molar-refractivity contribution in [2.45, 2.75) is 0 Å². The number of hydrazone groups is 1. The maximum atomic E-state index is 10.9. The van der Waals surface area contributed by atoms with Gasteiger partial charge in [0.1, 0.15) is 0 Å². The molecule has 0 atom stereocenters. The van der Waals surface area contributed by atoms with Crippen LogP contribution in [0.3, 0.4) is 0 Å². The summed E-state index contributed by atoms with van der Waals surface area (Å²) in [4.78, 5) is 10.9. The molecule has 0 aromatic heterocycles. The number of hydrogen-bond donors (Lipinski definition) is 2. The van der Waals surface area contributed by atoms with E-state index in [4.69, 9.17) is 17.0 Å². The van der Waals surface area contributed by atoms with Crippen LogP contribution in [0.5, 0.6) is 0 Å². The van der Waals surface area contributed by atoms with Crippen LogP contribution in [0.2, 0.25) is 0 Å². The van der Waals surface area contributed by atoms with Gasteiger partial charge in [-0.15, -0.1) is 0 Å². The summed E-state index contributed by atoms with van der Waals surface area (Å²) in [5.41, 5.74) is 3.49. The fraction of sp³-hybridized carbons (Fsp3) is 0. The number of carbonyl (C=O) groups is 1. The first kappa shape index (κ1) is 10.4. The predicted molar refractivity (Wildman–Crippen MR) is 57.5 cm³/mol. The van der Waals surface area contributed by atoms with Crippen LogP contribution >= 0.6 is 11.6 Å². The van der Waals surface area contributed by atoms with Gasteiger partial charge in [-0.2, -0.15) is 5.10 Å². The van der Waals surface area contributed by atoms with Crippen molar-refractivity contribution in [3.63, 3.8) is 0 Å². The molecule has 0 heterocycles. The van der Waals surface area contributed by atoms with Crippen molar-refractivity contribution in [3.8, 4) is 0 Å². The Morgan fingerprint density at radius 3 is 2.86 bits per heavy atom. The zero-order chi connectivity index (χ0) is 10.4. The Hall–Kier alpha value is -1.68. The normalized spacial score (nSPS) is 10.1. The number of hydrogen-bond acceptors (Lipinski definition) is 4.